The van der Waals surface area contributed by atoms with Crippen LogP contribution in [0.15, 0.2) is 18.2 Å². The van der Waals surface area contributed by atoms with Crippen LogP contribution in [-0.2, 0) is 16.1 Å². The zero-order valence-electron chi connectivity index (χ0n) is 14.0. The first-order valence-corrected chi connectivity index (χ1v) is 8.57. The van der Waals surface area contributed by atoms with Gasteiger partial charge in [-0.25, -0.2) is 0 Å². The number of benzene rings is 1. The standard InChI is InChI=1S/C18H23N3O3/c1-2-3-4-10-20-16(22)9-8-15(18(20)24)21-11-13-12(17(21)23)6-5-7-14(13)19/h5-7,15H,2-4,8-11,19H2,1H3. The first-order chi connectivity index (χ1) is 11.5. The van der Waals surface area contributed by atoms with Gasteiger partial charge in [-0.2, -0.15) is 0 Å². The van der Waals surface area contributed by atoms with Gasteiger partial charge < -0.3 is 10.6 Å². The van der Waals surface area contributed by atoms with Crippen molar-refractivity contribution in [3.63, 3.8) is 0 Å². The van der Waals surface area contributed by atoms with Crippen LogP contribution in [0.5, 0.6) is 0 Å². The highest BCUT2D eigenvalue weighted by atomic mass is 16.2. The summed E-state index contributed by atoms with van der Waals surface area (Å²) in [6, 6.07) is 4.69. The Morgan fingerprint density at radius 3 is 2.71 bits per heavy atom. The molecule has 2 N–H and O–H groups in total. The predicted molar refractivity (Wildman–Crippen MR) is 90.0 cm³/mol. The van der Waals surface area contributed by atoms with Crippen molar-refractivity contribution in [3.05, 3.63) is 29.3 Å². The van der Waals surface area contributed by atoms with Crippen LogP contribution in [0, 0.1) is 0 Å². The lowest BCUT2D eigenvalue weighted by molar-refractivity contribution is -0.152. The number of carbonyl (C=O) groups excluding carboxylic acids is 3. The predicted octanol–water partition coefficient (Wildman–Crippen LogP) is 1.93. The second-order valence-corrected chi connectivity index (χ2v) is 6.45. The van der Waals surface area contributed by atoms with Gasteiger partial charge in [0.1, 0.15) is 6.04 Å². The van der Waals surface area contributed by atoms with Crippen molar-refractivity contribution in [2.75, 3.05) is 12.3 Å². The summed E-state index contributed by atoms with van der Waals surface area (Å²) in [5.41, 5.74) is 7.88. The van der Waals surface area contributed by atoms with Crippen molar-refractivity contribution in [3.8, 4) is 0 Å². The molecule has 0 radical (unpaired) electrons. The summed E-state index contributed by atoms with van der Waals surface area (Å²) in [5, 5.41) is 0. The highest BCUT2D eigenvalue weighted by Gasteiger charge is 2.42. The van der Waals surface area contributed by atoms with Gasteiger partial charge in [0.25, 0.3) is 11.8 Å². The highest BCUT2D eigenvalue weighted by Crippen LogP contribution is 2.32. The van der Waals surface area contributed by atoms with Crippen LogP contribution >= 0.6 is 0 Å². The molecule has 1 aromatic carbocycles. The van der Waals surface area contributed by atoms with Gasteiger partial charge in [-0.15, -0.1) is 0 Å². The normalized spacial score (nSPS) is 20.7. The van der Waals surface area contributed by atoms with Gasteiger partial charge in [0.2, 0.25) is 5.91 Å². The van der Waals surface area contributed by atoms with E-state index >= 15 is 0 Å². The zero-order valence-corrected chi connectivity index (χ0v) is 14.0. The maximum Gasteiger partial charge on any atom is 0.255 e. The van der Waals surface area contributed by atoms with Gasteiger partial charge in [-0.1, -0.05) is 25.8 Å². The van der Waals surface area contributed by atoms with Crippen molar-refractivity contribution in [1.82, 2.24) is 9.80 Å². The number of anilines is 1. The third-order valence-electron chi connectivity index (χ3n) is 4.88. The maximum atomic E-state index is 12.8. The lowest BCUT2D eigenvalue weighted by Crippen LogP contribution is -2.54. The van der Waals surface area contributed by atoms with Crippen molar-refractivity contribution >= 4 is 23.4 Å². The number of piperidine rings is 1. The maximum absolute atomic E-state index is 12.8. The Morgan fingerprint density at radius 1 is 1.21 bits per heavy atom. The van der Waals surface area contributed by atoms with Crippen LogP contribution in [-0.4, -0.2) is 40.1 Å². The molecule has 0 aromatic heterocycles. The monoisotopic (exact) mass is 329 g/mol. The van der Waals surface area contributed by atoms with E-state index < -0.39 is 6.04 Å². The molecular formula is C18H23N3O3. The molecule has 2 aliphatic heterocycles. The number of fused-ring (bicyclic) bond motifs is 1. The average molecular weight is 329 g/mol. The van der Waals surface area contributed by atoms with Gasteiger partial charge >= 0.3 is 0 Å². The number of likely N-dealkylation sites (tertiary alicyclic amines) is 1. The molecular weight excluding hydrogens is 306 g/mol. The molecule has 24 heavy (non-hydrogen) atoms. The van der Waals surface area contributed by atoms with E-state index in [4.69, 9.17) is 5.73 Å². The van der Waals surface area contributed by atoms with Crippen molar-refractivity contribution in [1.29, 1.82) is 0 Å². The Hall–Kier alpha value is -2.37. The lowest BCUT2D eigenvalue weighted by Gasteiger charge is -2.35. The minimum absolute atomic E-state index is 0.129. The second kappa shape index (κ2) is 6.63. The first kappa shape index (κ1) is 16.5. The molecule has 1 aromatic rings. The van der Waals surface area contributed by atoms with Crippen molar-refractivity contribution < 1.29 is 14.4 Å². The number of amides is 3. The lowest BCUT2D eigenvalue weighted by atomic mass is 10.0. The van der Waals surface area contributed by atoms with Crippen LogP contribution in [0.2, 0.25) is 0 Å². The molecule has 6 nitrogen and oxygen atoms in total. The molecule has 1 atom stereocenters. The number of imide groups is 1. The third kappa shape index (κ3) is 2.77. The number of nitrogen functional groups attached to an aromatic ring is 1. The fourth-order valence-corrected chi connectivity index (χ4v) is 3.50. The molecule has 3 amide bonds. The quantitative estimate of drug-likeness (QED) is 0.508. The second-order valence-electron chi connectivity index (χ2n) is 6.45. The van der Waals surface area contributed by atoms with Crippen molar-refractivity contribution in [2.45, 2.75) is 51.6 Å². The number of rotatable bonds is 5. The fraction of sp³-hybridized carbons (Fsp3) is 0.500. The molecule has 0 aliphatic carbocycles. The minimum Gasteiger partial charge on any atom is -0.398 e. The van der Waals surface area contributed by atoms with E-state index in [-0.39, 0.29) is 17.7 Å². The van der Waals surface area contributed by atoms with E-state index in [1.54, 1.807) is 23.1 Å². The molecule has 0 bridgehead atoms. The smallest absolute Gasteiger partial charge is 0.255 e. The van der Waals surface area contributed by atoms with Crippen LogP contribution in [0.25, 0.3) is 0 Å². The average Bonchev–Trinajstić information content (AvgIpc) is 2.89. The topological polar surface area (TPSA) is 83.7 Å². The zero-order chi connectivity index (χ0) is 17.3. The summed E-state index contributed by atoms with van der Waals surface area (Å²) in [6.45, 7) is 2.86. The van der Waals surface area contributed by atoms with Crippen molar-refractivity contribution in [2.24, 2.45) is 0 Å². The van der Waals surface area contributed by atoms with Crippen LogP contribution in [0.1, 0.15) is 54.9 Å². The molecule has 0 saturated carbocycles. The largest absolute Gasteiger partial charge is 0.398 e. The number of unbranched alkanes of at least 4 members (excludes halogenated alkanes) is 2. The molecule has 1 fully saturated rings. The Morgan fingerprint density at radius 2 is 2.00 bits per heavy atom. The molecule has 1 saturated heterocycles. The highest BCUT2D eigenvalue weighted by molar-refractivity contribution is 6.06. The number of carbonyl (C=O) groups is 3. The van der Waals surface area contributed by atoms with E-state index in [2.05, 4.69) is 6.92 Å². The number of nitrogens with zero attached hydrogens (tertiary/aromatic N) is 2. The molecule has 1 unspecified atom stereocenters. The summed E-state index contributed by atoms with van der Waals surface area (Å²) in [6.07, 6.45) is 3.51. The number of hydrogen-bond acceptors (Lipinski definition) is 4. The van der Waals surface area contributed by atoms with Crippen LogP contribution < -0.4 is 5.73 Å². The minimum atomic E-state index is -0.566. The molecule has 3 rings (SSSR count). The fourth-order valence-electron chi connectivity index (χ4n) is 3.50. The van der Waals surface area contributed by atoms with Gasteiger partial charge in [0, 0.05) is 36.3 Å². The van der Waals surface area contributed by atoms with Gasteiger partial charge in [-0.3, -0.25) is 19.3 Å². The molecule has 0 spiro atoms. The summed E-state index contributed by atoms with van der Waals surface area (Å²) >= 11 is 0. The third-order valence-corrected chi connectivity index (χ3v) is 4.88. The van der Waals surface area contributed by atoms with E-state index in [0.29, 0.717) is 37.2 Å². The Kier molecular flexibility index (Phi) is 4.55. The first-order valence-electron chi connectivity index (χ1n) is 8.57. The van der Waals surface area contributed by atoms with Crippen LogP contribution in [0.3, 0.4) is 0 Å². The summed E-state index contributed by atoms with van der Waals surface area (Å²) < 4.78 is 0. The molecule has 128 valence electrons. The van der Waals surface area contributed by atoms with E-state index in [1.165, 1.54) is 4.90 Å². The summed E-state index contributed by atoms with van der Waals surface area (Å²) in [5.74, 6) is -0.545. The Labute approximate surface area is 141 Å². The molecule has 2 aliphatic rings. The molecule has 2 heterocycles. The number of nitrogens with two attached hydrogens (primary N) is 1. The number of hydrogen-bond donors (Lipinski definition) is 1. The Bertz CT molecular complexity index is 686. The SMILES string of the molecule is CCCCCN1C(=O)CCC(N2Cc3c(N)cccc3C2=O)C1=O. The Balaban J connectivity index is 1.78. The van der Waals surface area contributed by atoms with Gasteiger partial charge in [0.15, 0.2) is 0 Å². The van der Waals surface area contributed by atoms with E-state index in [1.807, 2.05) is 0 Å². The summed E-state index contributed by atoms with van der Waals surface area (Å²) in [4.78, 5) is 40.4. The van der Waals surface area contributed by atoms with E-state index in [9.17, 15) is 14.4 Å². The van der Waals surface area contributed by atoms with Gasteiger partial charge in [0.05, 0.1) is 0 Å². The van der Waals surface area contributed by atoms with E-state index in [0.717, 1.165) is 24.8 Å². The summed E-state index contributed by atoms with van der Waals surface area (Å²) in [7, 11) is 0. The van der Waals surface area contributed by atoms with Crippen LogP contribution in [0.4, 0.5) is 5.69 Å². The van der Waals surface area contributed by atoms with Gasteiger partial charge in [-0.05, 0) is 25.0 Å². The molecule has 6 heteroatoms.